The van der Waals surface area contributed by atoms with Crippen molar-refractivity contribution in [1.29, 1.82) is 0 Å². The molecule has 0 spiro atoms. The fraction of sp³-hybridized carbons (Fsp3) is 0.562. The maximum Gasteiger partial charge on any atom is 0.256 e. The Morgan fingerprint density at radius 1 is 1.25 bits per heavy atom. The molecule has 1 saturated heterocycles. The predicted molar refractivity (Wildman–Crippen MR) is 84.6 cm³/mol. The standard InChI is InChI=1S/C16H21Cl2NO/c1-2-3-5-12-8-10-19(11-9-12)16(20)15-13(17)6-4-7-14(15)18/h4,6-7,12H,2-3,5,8-11H2,1H3. The third-order valence-corrected chi connectivity index (χ3v) is 4.67. The van der Waals surface area contributed by atoms with Crippen molar-refractivity contribution < 1.29 is 4.79 Å². The smallest absolute Gasteiger partial charge is 0.256 e. The number of unbranched alkanes of at least 4 members (excludes halogenated alkanes) is 1. The molecule has 2 nitrogen and oxygen atoms in total. The van der Waals surface area contributed by atoms with Gasteiger partial charge in [-0.1, -0.05) is 55.5 Å². The summed E-state index contributed by atoms with van der Waals surface area (Å²) in [4.78, 5) is 14.4. The van der Waals surface area contributed by atoms with E-state index in [0.29, 0.717) is 15.6 Å². The number of hydrogen-bond acceptors (Lipinski definition) is 1. The van der Waals surface area contributed by atoms with Gasteiger partial charge in [0.1, 0.15) is 0 Å². The highest BCUT2D eigenvalue weighted by Crippen LogP contribution is 2.28. The Labute approximate surface area is 131 Å². The Morgan fingerprint density at radius 2 is 1.85 bits per heavy atom. The lowest BCUT2D eigenvalue weighted by Gasteiger charge is -2.32. The normalized spacial score (nSPS) is 16.4. The van der Waals surface area contributed by atoms with E-state index in [4.69, 9.17) is 23.2 Å². The van der Waals surface area contributed by atoms with E-state index < -0.39 is 0 Å². The van der Waals surface area contributed by atoms with Crippen molar-refractivity contribution >= 4 is 29.1 Å². The van der Waals surface area contributed by atoms with Crippen LogP contribution in [0.5, 0.6) is 0 Å². The van der Waals surface area contributed by atoms with Gasteiger partial charge in [0.25, 0.3) is 5.91 Å². The summed E-state index contributed by atoms with van der Waals surface area (Å²) >= 11 is 12.2. The maximum absolute atomic E-state index is 12.5. The van der Waals surface area contributed by atoms with Crippen LogP contribution in [0.4, 0.5) is 0 Å². The second-order valence-corrected chi connectivity index (χ2v) is 6.29. The van der Waals surface area contributed by atoms with Crippen LogP contribution in [0.1, 0.15) is 49.4 Å². The van der Waals surface area contributed by atoms with E-state index in [1.54, 1.807) is 18.2 Å². The van der Waals surface area contributed by atoms with Gasteiger partial charge in [0.15, 0.2) is 0 Å². The highest BCUT2D eigenvalue weighted by molar-refractivity contribution is 6.39. The first kappa shape index (κ1) is 15.7. The molecule has 0 N–H and O–H groups in total. The Hall–Kier alpha value is -0.730. The molecular weight excluding hydrogens is 293 g/mol. The van der Waals surface area contributed by atoms with Crippen LogP contribution in [0.15, 0.2) is 18.2 Å². The van der Waals surface area contributed by atoms with Crippen molar-refractivity contribution in [2.75, 3.05) is 13.1 Å². The summed E-state index contributed by atoms with van der Waals surface area (Å²) in [5, 5.41) is 0.881. The second kappa shape index (κ2) is 7.33. The summed E-state index contributed by atoms with van der Waals surface area (Å²) in [6.45, 7) is 3.85. The third kappa shape index (κ3) is 3.67. The maximum atomic E-state index is 12.5. The Kier molecular flexibility index (Phi) is 5.74. The molecule has 0 unspecified atom stereocenters. The van der Waals surface area contributed by atoms with Gasteiger partial charge in [-0.25, -0.2) is 0 Å². The zero-order valence-electron chi connectivity index (χ0n) is 11.9. The van der Waals surface area contributed by atoms with Gasteiger partial charge in [-0.05, 0) is 30.9 Å². The number of piperidine rings is 1. The largest absolute Gasteiger partial charge is 0.339 e. The average molecular weight is 314 g/mol. The number of amides is 1. The van der Waals surface area contributed by atoms with Crippen LogP contribution in [0, 0.1) is 5.92 Å². The van der Waals surface area contributed by atoms with E-state index in [9.17, 15) is 4.79 Å². The first-order valence-electron chi connectivity index (χ1n) is 7.36. The number of carbonyl (C=O) groups is 1. The minimum absolute atomic E-state index is 0.0328. The van der Waals surface area contributed by atoms with Crippen LogP contribution < -0.4 is 0 Å². The fourth-order valence-corrected chi connectivity index (χ4v) is 3.34. The molecule has 1 amide bonds. The summed E-state index contributed by atoms with van der Waals surface area (Å²) in [6, 6.07) is 5.20. The monoisotopic (exact) mass is 313 g/mol. The van der Waals surface area contributed by atoms with Crippen molar-refractivity contribution in [2.24, 2.45) is 5.92 Å². The van der Waals surface area contributed by atoms with Gasteiger partial charge >= 0.3 is 0 Å². The molecule has 0 bridgehead atoms. The molecule has 1 heterocycles. The fourth-order valence-electron chi connectivity index (χ4n) is 2.78. The Bertz CT molecular complexity index is 447. The molecule has 2 rings (SSSR count). The molecule has 1 fully saturated rings. The minimum Gasteiger partial charge on any atom is -0.339 e. The molecule has 0 atom stereocenters. The Balaban J connectivity index is 1.98. The lowest BCUT2D eigenvalue weighted by molar-refractivity contribution is 0.0686. The molecule has 1 aliphatic rings. The molecule has 0 aromatic heterocycles. The average Bonchev–Trinajstić information content (AvgIpc) is 2.45. The second-order valence-electron chi connectivity index (χ2n) is 5.47. The SMILES string of the molecule is CCCCC1CCN(C(=O)c2c(Cl)cccc2Cl)CC1. The van der Waals surface area contributed by atoms with Gasteiger partial charge in [0.2, 0.25) is 0 Å². The predicted octanol–water partition coefficient (Wildman–Crippen LogP) is 5.04. The number of likely N-dealkylation sites (tertiary alicyclic amines) is 1. The molecule has 1 aromatic carbocycles. The molecular formula is C16H21Cl2NO. The number of carbonyl (C=O) groups excluding carboxylic acids is 1. The van der Waals surface area contributed by atoms with Crippen LogP contribution in [0.25, 0.3) is 0 Å². The molecule has 0 saturated carbocycles. The quantitative estimate of drug-likeness (QED) is 0.763. The zero-order chi connectivity index (χ0) is 14.5. The first-order chi connectivity index (χ1) is 9.63. The summed E-state index contributed by atoms with van der Waals surface area (Å²) in [5.74, 6) is 0.732. The number of benzene rings is 1. The van der Waals surface area contributed by atoms with E-state index in [1.807, 2.05) is 4.90 Å². The van der Waals surface area contributed by atoms with Gasteiger partial charge in [0.05, 0.1) is 15.6 Å². The van der Waals surface area contributed by atoms with Crippen LogP contribution in [0.3, 0.4) is 0 Å². The molecule has 1 aromatic rings. The van der Waals surface area contributed by atoms with Crippen molar-refractivity contribution in [3.63, 3.8) is 0 Å². The molecule has 1 aliphatic heterocycles. The molecule has 4 heteroatoms. The van der Waals surface area contributed by atoms with Gasteiger partial charge in [0, 0.05) is 13.1 Å². The van der Waals surface area contributed by atoms with Crippen LogP contribution in [0.2, 0.25) is 10.0 Å². The number of nitrogens with zero attached hydrogens (tertiary/aromatic N) is 1. The van der Waals surface area contributed by atoms with Crippen molar-refractivity contribution in [3.8, 4) is 0 Å². The zero-order valence-corrected chi connectivity index (χ0v) is 13.4. The third-order valence-electron chi connectivity index (χ3n) is 4.04. The molecule has 20 heavy (non-hydrogen) atoms. The van der Waals surface area contributed by atoms with E-state index >= 15 is 0 Å². The lowest BCUT2D eigenvalue weighted by atomic mass is 9.91. The van der Waals surface area contributed by atoms with E-state index in [2.05, 4.69) is 6.92 Å². The molecule has 0 radical (unpaired) electrons. The topological polar surface area (TPSA) is 20.3 Å². The van der Waals surface area contributed by atoms with Crippen molar-refractivity contribution in [2.45, 2.75) is 39.0 Å². The molecule has 110 valence electrons. The van der Waals surface area contributed by atoms with E-state index in [1.165, 1.54) is 19.3 Å². The van der Waals surface area contributed by atoms with E-state index in [-0.39, 0.29) is 5.91 Å². The summed E-state index contributed by atoms with van der Waals surface area (Å²) in [6.07, 6.45) is 6.00. The summed E-state index contributed by atoms with van der Waals surface area (Å²) < 4.78 is 0. The summed E-state index contributed by atoms with van der Waals surface area (Å²) in [5.41, 5.74) is 0.447. The highest BCUT2D eigenvalue weighted by Gasteiger charge is 2.25. The number of rotatable bonds is 4. The number of halogens is 2. The van der Waals surface area contributed by atoms with Gasteiger partial charge in [-0.15, -0.1) is 0 Å². The lowest BCUT2D eigenvalue weighted by Crippen LogP contribution is -2.38. The van der Waals surface area contributed by atoms with Crippen LogP contribution >= 0.6 is 23.2 Å². The Morgan fingerprint density at radius 3 is 2.40 bits per heavy atom. The van der Waals surface area contributed by atoms with Gasteiger partial charge in [-0.3, -0.25) is 4.79 Å². The van der Waals surface area contributed by atoms with E-state index in [0.717, 1.165) is 31.8 Å². The minimum atomic E-state index is -0.0328. The van der Waals surface area contributed by atoms with Crippen molar-refractivity contribution in [3.05, 3.63) is 33.8 Å². The van der Waals surface area contributed by atoms with Gasteiger partial charge in [-0.2, -0.15) is 0 Å². The van der Waals surface area contributed by atoms with Crippen LogP contribution in [-0.2, 0) is 0 Å². The summed E-state index contributed by atoms with van der Waals surface area (Å²) in [7, 11) is 0. The van der Waals surface area contributed by atoms with Crippen LogP contribution in [-0.4, -0.2) is 23.9 Å². The van der Waals surface area contributed by atoms with Crippen molar-refractivity contribution in [1.82, 2.24) is 4.90 Å². The first-order valence-corrected chi connectivity index (χ1v) is 8.12. The highest BCUT2D eigenvalue weighted by atomic mass is 35.5. The number of hydrogen-bond donors (Lipinski definition) is 0. The van der Waals surface area contributed by atoms with Gasteiger partial charge < -0.3 is 4.90 Å². The molecule has 0 aliphatic carbocycles.